The number of rotatable bonds is 4. The van der Waals surface area contributed by atoms with E-state index in [1.165, 1.54) is 22.0 Å². The van der Waals surface area contributed by atoms with Crippen molar-refractivity contribution in [1.82, 2.24) is 14.9 Å². The van der Waals surface area contributed by atoms with Crippen LogP contribution in [0.3, 0.4) is 0 Å². The van der Waals surface area contributed by atoms with E-state index in [4.69, 9.17) is 29.0 Å². The number of benzene rings is 2. The molecule has 1 aliphatic rings. The van der Waals surface area contributed by atoms with Gasteiger partial charge in [0.1, 0.15) is 0 Å². The average molecular weight is 434 g/mol. The summed E-state index contributed by atoms with van der Waals surface area (Å²) in [5, 5.41) is 9.62. The summed E-state index contributed by atoms with van der Waals surface area (Å²) in [5.41, 5.74) is 2.79. The van der Waals surface area contributed by atoms with E-state index in [9.17, 15) is 4.79 Å². The Hall–Kier alpha value is -2.22. The quantitative estimate of drug-likeness (QED) is 0.496. The largest absolute Gasteiger partial charge is 0.335 e. The number of carbonyl (C=O) groups excluding carboxylic acids is 1. The van der Waals surface area contributed by atoms with Gasteiger partial charge >= 0.3 is 0 Å². The third-order valence-corrected chi connectivity index (χ3v) is 6.11. The number of halogens is 2. The van der Waals surface area contributed by atoms with Gasteiger partial charge in [-0.15, -0.1) is 10.2 Å². The first-order chi connectivity index (χ1) is 13.5. The van der Waals surface area contributed by atoms with E-state index in [1.54, 1.807) is 18.2 Å². The van der Waals surface area contributed by atoms with Gasteiger partial charge in [-0.2, -0.15) is 0 Å². The number of carbonyl (C=O) groups is 1. The number of nitrogens with zero attached hydrogens (tertiary/aromatic N) is 4. The van der Waals surface area contributed by atoms with Gasteiger partial charge < -0.3 is 10.7 Å². The van der Waals surface area contributed by atoms with Crippen LogP contribution in [0.15, 0.2) is 47.6 Å². The molecule has 0 fully saturated rings. The summed E-state index contributed by atoms with van der Waals surface area (Å²) >= 11 is 13.4. The lowest BCUT2D eigenvalue weighted by atomic mass is 10.1. The molecule has 3 aromatic rings. The summed E-state index contributed by atoms with van der Waals surface area (Å²) < 4.78 is 1.34. The van der Waals surface area contributed by atoms with Crippen molar-refractivity contribution in [2.75, 3.05) is 16.5 Å². The Morgan fingerprint density at radius 3 is 2.82 bits per heavy atom. The first kappa shape index (κ1) is 19.1. The number of nitrogens with two attached hydrogens (primary N) is 1. The molecule has 1 atom stereocenters. The number of hydrogen-bond acceptors (Lipinski definition) is 5. The monoisotopic (exact) mass is 433 g/mol. The Balaban J connectivity index is 1.50. The van der Waals surface area contributed by atoms with Crippen LogP contribution >= 0.6 is 35.0 Å². The van der Waals surface area contributed by atoms with Crippen molar-refractivity contribution in [3.05, 3.63) is 58.1 Å². The molecule has 28 heavy (non-hydrogen) atoms. The van der Waals surface area contributed by atoms with Gasteiger partial charge in [-0.05, 0) is 43.2 Å². The molecule has 2 N–H and O–H groups in total. The SMILES string of the molecule is CC1Cc2ccccc2N1C(=O)CSc1nnc(-c2ccc(Cl)cc2Cl)n1N. The Bertz CT molecular complexity index is 1050. The molecule has 0 saturated carbocycles. The van der Waals surface area contributed by atoms with Gasteiger partial charge in [0.2, 0.25) is 11.1 Å². The predicted molar refractivity (Wildman–Crippen MR) is 113 cm³/mol. The van der Waals surface area contributed by atoms with Crippen molar-refractivity contribution in [2.45, 2.75) is 24.5 Å². The van der Waals surface area contributed by atoms with Crippen LogP contribution in [0.2, 0.25) is 10.0 Å². The first-order valence-electron chi connectivity index (χ1n) is 8.64. The molecular formula is C19H17Cl2N5OS. The molecule has 1 aliphatic heterocycles. The summed E-state index contributed by atoms with van der Waals surface area (Å²) in [5.74, 6) is 6.77. The molecule has 0 bridgehead atoms. The molecule has 1 amide bonds. The Labute approximate surface area is 176 Å². The fraction of sp³-hybridized carbons (Fsp3) is 0.211. The number of anilines is 1. The highest BCUT2D eigenvalue weighted by Gasteiger charge is 2.30. The van der Waals surface area contributed by atoms with Crippen LogP contribution in [-0.2, 0) is 11.2 Å². The van der Waals surface area contributed by atoms with Crippen LogP contribution in [0.1, 0.15) is 12.5 Å². The molecule has 9 heteroatoms. The van der Waals surface area contributed by atoms with Crippen molar-refractivity contribution in [3.63, 3.8) is 0 Å². The van der Waals surface area contributed by atoms with Crippen LogP contribution < -0.4 is 10.7 Å². The summed E-state index contributed by atoms with van der Waals surface area (Å²) in [6.45, 7) is 2.05. The van der Waals surface area contributed by atoms with Gasteiger partial charge in [0, 0.05) is 22.3 Å². The molecule has 0 radical (unpaired) electrons. The van der Waals surface area contributed by atoms with Gasteiger partial charge in [0.25, 0.3) is 0 Å². The lowest BCUT2D eigenvalue weighted by molar-refractivity contribution is -0.116. The zero-order chi connectivity index (χ0) is 19.8. The Morgan fingerprint density at radius 1 is 1.25 bits per heavy atom. The molecule has 0 saturated heterocycles. The van der Waals surface area contributed by atoms with Crippen molar-refractivity contribution < 1.29 is 4.79 Å². The normalized spacial score (nSPS) is 15.7. The number of fused-ring (bicyclic) bond motifs is 1. The van der Waals surface area contributed by atoms with Crippen molar-refractivity contribution in [3.8, 4) is 11.4 Å². The minimum absolute atomic E-state index is 0.0107. The molecule has 0 aliphatic carbocycles. The molecule has 1 aromatic heterocycles. The summed E-state index contributed by atoms with van der Waals surface area (Å²) in [7, 11) is 0. The van der Waals surface area contributed by atoms with Crippen LogP contribution in [0.5, 0.6) is 0 Å². The average Bonchev–Trinajstić information content (AvgIpc) is 3.19. The molecule has 6 nitrogen and oxygen atoms in total. The van der Waals surface area contributed by atoms with Crippen molar-refractivity contribution in [2.24, 2.45) is 0 Å². The standard InChI is InChI=1S/C19H17Cl2N5OS/c1-11-8-12-4-2-3-5-16(12)25(11)17(27)10-28-19-24-23-18(26(19)22)14-7-6-13(20)9-15(14)21/h2-7,9,11H,8,10,22H2,1H3. The van der Waals surface area contributed by atoms with Gasteiger partial charge in [-0.1, -0.05) is 53.2 Å². The van der Waals surface area contributed by atoms with E-state index in [2.05, 4.69) is 23.2 Å². The second kappa shape index (κ2) is 7.66. The maximum Gasteiger partial charge on any atom is 0.237 e. The summed E-state index contributed by atoms with van der Waals surface area (Å²) in [6.07, 6.45) is 0.860. The number of nitrogen functional groups attached to an aromatic ring is 1. The van der Waals surface area contributed by atoms with Gasteiger partial charge in [-0.3, -0.25) is 4.79 Å². The van der Waals surface area contributed by atoms with Crippen LogP contribution in [0.4, 0.5) is 5.69 Å². The molecule has 144 valence electrons. The van der Waals surface area contributed by atoms with E-state index in [1.807, 2.05) is 23.1 Å². The molecule has 2 aromatic carbocycles. The lowest BCUT2D eigenvalue weighted by Crippen LogP contribution is -2.37. The van der Waals surface area contributed by atoms with Crippen LogP contribution in [-0.4, -0.2) is 32.6 Å². The summed E-state index contributed by atoms with van der Waals surface area (Å²) in [4.78, 5) is 14.7. The maximum atomic E-state index is 12.8. The lowest BCUT2D eigenvalue weighted by Gasteiger charge is -2.22. The minimum atomic E-state index is 0.0107. The molecular weight excluding hydrogens is 417 g/mol. The number of aromatic nitrogens is 3. The van der Waals surface area contributed by atoms with Crippen LogP contribution in [0, 0.1) is 0 Å². The van der Waals surface area contributed by atoms with E-state index in [0.29, 0.717) is 26.6 Å². The fourth-order valence-electron chi connectivity index (χ4n) is 3.37. The predicted octanol–water partition coefficient (Wildman–Crippen LogP) is 4.04. The first-order valence-corrected chi connectivity index (χ1v) is 10.4. The Morgan fingerprint density at radius 2 is 2.04 bits per heavy atom. The number of thioether (sulfide) groups is 1. The van der Waals surface area contributed by atoms with E-state index in [0.717, 1.165) is 12.1 Å². The highest BCUT2D eigenvalue weighted by molar-refractivity contribution is 7.99. The number of para-hydroxylation sites is 1. The third-order valence-electron chi connectivity index (χ3n) is 4.64. The topological polar surface area (TPSA) is 77.0 Å². The number of amides is 1. The van der Waals surface area contributed by atoms with Crippen molar-refractivity contribution >= 4 is 46.6 Å². The van der Waals surface area contributed by atoms with E-state index in [-0.39, 0.29) is 17.7 Å². The summed E-state index contributed by atoms with van der Waals surface area (Å²) in [6, 6.07) is 13.2. The fourth-order valence-corrected chi connectivity index (χ4v) is 4.58. The molecule has 4 rings (SSSR count). The number of hydrogen-bond donors (Lipinski definition) is 1. The molecule has 2 heterocycles. The van der Waals surface area contributed by atoms with Gasteiger partial charge in [0.15, 0.2) is 5.82 Å². The molecule has 0 spiro atoms. The van der Waals surface area contributed by atoms with Crippen molar-refractivity contribution in [1.29, 1.82) is 0 Å². The van der Waals surface area contributed by atoms with Gasteiger partial charge in [0.05, 0.1) is 10.8 Å². The highest BCUT2D eigenvalue weighted by atomic mass is 35.5. The second-order valence-corrected chi connectivity index (χ2v) is 8.32. The minimum Gasteiger partial charge on any atom is -0.335 e. The Kier molecular flexibility index (Phi) is 5.23. The zero-order valence-electron chi connectivity index (χ0n) is 15.0. The maximum absolute atomic E-state index is 12.8. The third kappa shape index (κ3) is 3.45. The van der Waals surface area contributed by atoms with E-state index >= 15 is 0 Å². The van der Waals surface area contributed by atoms with E-state index < -0.39 is 0 Å². The second-order valence-electron chi connectivity index (χ2n) is 6.53. The zero-order valence-corrected chi connectivity index (χ0v) is 17.3. The highest BCUT2D eigenvalue weighted by Crippen LogP contribution is 2.33. The van der Waals surface area contributed by atoms with Gasteiger partial charge in [-0.25, -0.2) is 4.68 Å². The smallest absolute Gasteiger partial charge is 0.237 e. The molecule has 1 unspecified atom stereocenters. The van der Waals surface area contributed by atoms with Crippen LogP contribution in [0.25, 0.3) is 11.4 Å².